The monoisotopic (exact) mass is 276 g/mol. The Hall–Kier alpha value is -2.13. The Bertz CT molecular complexity index is 489. The number of nitrogens with zero attached hydrogens (tertiary/aromatic N) is 2. The van der Waals surface area contributed by atoms with E-state index in [1.807, 2.05) is 0 Å². The molecule has 6 heteroatoms. The Morgan fingerprint density at radius 3 is 2.60 bits per heavy atom. The van der Waals surface area contributed by atoms with Gasteiger partial charge in [0, 0.05) is 24.8 Å². The van der Waals surface area contributed by atoms with Gasteiger partial charge >= 0.3 is 6.03 Å². The van der Waals surface area contributed by atoms with E-state index in [9.17, 15) is 9.18 Å². The second-order valence-electron chi connectivity index (χ2n) is 4.81. The normalized spacial score (nSPS) is 16.4. The maximum Gasteiger partial charge on any atom is 0.319 e. The zero-order valence-electron chi connectivity index (χ0n) is 11.1. The van der Waals surface area contributed by atoms with Gasteiger partial charge in [-0.15, -0.1) is 0 Å². The summed E-state index contributed by atoms with van der Waals surface area (Å²) < 4.78 is 12.7. The van der Waals surface area contributed by atoms with Crippen LogP contribution in [0.15, 0.2) is 24.3 Å². The third kappa shape index (κ3) is 4.21. The number of carbonyl (C=O) groups is 1. The molecule has 20 heavy (non-hydrogen) atoms. The van der Waals surface area contributed by atoms with Crippen molar-refractivity contribution in [2.75, 3.05) is 25.0 Å². The van der Waals surface area contributed by atoms with Crippen molar-refractivity contribution in [1.82, 2.24) is 10.2 Å². The van der Waals surface area contributed by atoms with Crippen molar-refractivity contribution in [2.24, 2.45) is 0 Å². The fourth-order valence-corrected chi connectivity index (χ4v) is 2.22. The van der Waals surface area contributed by atoms with Crippen molar-refractivity contribution in [3.63, 3.8) is 0 Å². The highest BCUT2D eigenvalue weighted by Crippen LogP contribution is 2.11. The van der Waals surface area contributed by atoms with E-state index in [-0.39, 0.29) is 17.9 Å². The molecule has 2 N–H and O–H groups in total. The number of likely N-dealkylation sites (tertiary alicyclic amines) is 1. The van der Waals surface area contributed by atoms with Gasteiger partial charge in [0.15, 0.2) is 0 Å². The zero-order chi connectivity index (χ0) is 14.4. The van der Waals surface area contributed by atoms with E-state index in [2.05, 4.69) is 21.6 Å². The highest BCUT2D eigenvalue weighted by molar-refractivity contribution is 5.89. The number of carbonyl (C=O) groups excluding carboxylic acids is 1. The first-order valence-corrected chi connectivity index (χ1v) is 6.60. The largest absolute Gasteiger partial charge is 0.335 e. The van der Waals surface area contributed by atoms with Gasteiger partial charge in [-0.05, 0) is 37.1 Å². The number of urea groups is 1. The van der Waals surface area contributed by atoms with Crippen molar-refractivity contribution < 1.29 is 9.18 Å². The number of benzene rings is 1. The molecule has 0 bridgehead atoms. The van der Waals surface area contributed by atoms with Gasteiger partial charge in [0.25, 0.3) is 0 Å². The van der Waals surface area contributed by atoms with E-state index in [0.717, 1.165) is 25.9 Å². The van der Waals surface area contributed by atoms with E-state index in [4.69, 9.17) is 5.26 Å². The minimum atomic E-state index is -0.333. The predicted molar refractivity (Wildman–Crippen MR) is 73.6 cm³/mol. The first-order valence-electron chi connectivity index (χ1n) is 6.60. The van der Waals surface area contributed by atoms with Crippen LogP contribution >= 0.6 is 0 Å². The van der Waals surface area contributed by atoms with E-state index in [1.54, 1.807) is 0 Å². The summed E-state index contributed by atoms with van der Waals surface area (Å²) >= 11 is 0. The third-order valence-electron chi connectivity index (χ3n) is 3.32. The number of nitriles is 1. The molecule has 1 aromatic rings. The smallest absolute Gasteiger partial charge is 0.319 e. The Kier molecular flexibility index (Phi) is 4.91. The molecule has 1 aliphatic heterocycles. The molecule has 0 saturated carbocycles. The summed E-state index contributed by atoms with van der Waals surface area (Å²) in [5, 5.41) is 14.2. The minimum absolute atomic E-state index is 0.116. The van der Waals surface area contributed by atoms with Gasteiger partial charge in [-0.1, -0.05) is 0 Å². The van der Waals surface area contributed by atoms with Crippen molar-refractivity contribution in [2.45, 2.75) is 18.9 Å². The molecule has 1 aliphatic rings. The van der Waals surface area contributed by atoms with Crippen LogP contribution in [0, 0.1) is 17.1 Å². The lowest BCUT2D eigenvalue weighted by molar-refractivity contribution is 0.211. The lowest BCUT2D eigenvalue weighted by atomic mass is 10.1. The molecule has 1 aromatic carbocycles. The quantitative estimate of drug-likeness (QED) is 0.829. The Morgan fingerprint density at radius 2 is 2.00 bits per heavy atom. The van der Waals surface area contributed by atoms with Gasteiger partial charge in [-0.3, -0.25) is 4.90 Å². The summed E-state index contributed by atoms with van der Waals surface area (Å²) in [6.07, 6.45) is 1.66. The SMILES string of the molecule is N#CCN1CCC(NC(=O)Nc2ccc(F)cc2)CC1. The van der Waals surface area contributed by atoms with E-state index < -0.39 is 0 Å². The van der Waals surface area contributed by atoms with E-state index in [1.165, 1.54) is 24.3 Å². The van der Waals surface area contributed by atoms with Crippen LogP contribution in [-0.2, 0) is 0 Å². The van der Waals surface area contributed by atoms with Crippen molar-refractivity contribution in [3.05, 3.63) is 30.1 Å². The molecule has 1 saturated heterocycles. The number of hydrogen-bond acceptors (Lipinski definition) is 3. The topological polar surface area (TPSA) is 68.2 Å². The van der Waals surface area contributed by atoms with Gasteiger partial charge in [-0.2, -0.15) is 5.26 Å². The molecule has 0 spiro atoms. The number of piperidine rings is 1. The fraction of sp³-hybridized carbons (Fsp3) is 0.429. The molecular weight excluding hydrogens is 259 g/mol. The highest BCUT2D eigenvalue weighted by Gasteiger charge is 2.20. The molecule has 106 valence electrons. The molecule has 2 amide bonds. The summed E-state index contributed by atoms with van der Waals surface area (Å²) in [7, 11) is 0. The Labute approximate surface area is 117 Å². The Balaban J connectivity index is 1.75. The second kappa shape index (κ2) is 6.87. The molecule has 0 aromatic heterocycles. The van der Waals surface area contributed by atoms with Crippen LogP contribution in [0.3, 0.4) is 0 Å². The van der Waals surface area contributed by atoms with Crippen LogP contribution in [0.2, 0.25) is 0 Å². The molecule has 0 radical (unpaired) electrons. The fourth-order valence-electron chi connectivity index (χ4n) is 2.22. The maximum absolute atomic E-state index is 12.7. The summed E-state index contributed by atoms with van der Waals surface area (Å²) in [6, 6.07) is 7.60. The molecule has 5 nitrogen and oxygen atoms in total. The average Bonchev–Trinajstić information content (AvgIpc) is 2.44. The van der Waals surface area contributed by atoms with Gasteiger partial charge < -0.3 is 10.6 Å². The molecule has 1 heterocycles. The number of hydrogen-bond donors (Lipinski definition) is 2. The molecule has 1 fully saturated rings. The van der Waals surface area contributed by atoms with Crippen molar-refractivity contribution in [3.8, 4) is 6.07 Å². The van der Waals surface area contributed by atoms with Gasteiger partial charge in [0.2, 0.25) is 0 Å². The summed E-state index contributed by atoms with van der Waals surface area (Å²) in [6.45, 7) is 2.07. The zero-order valence-corrected chi connectivity index (χ0v) is 11.1. The van der Waals surface area contributed by atoms with Crippen LogP contribution in [0.4, 0.5) is 14.9 Å². The van der Waals surface area contributed by atoms with Crippen molar-refractivity contribution >= 4 is 11.7 Å². The Morgan fingerprint density at radius 1 is 1.35 bits per heavy atom. The highest BCUT2D eigenvalue weighted by atomic mass is 19.1. The van der Waals surface area contributed by atoms with Crippen molar-refractivity contribution in [1.29, 1.82) is 5.26 Å². The number of rotatable bonds is 3. The standard InChI is InChI=1S/C14H17FN4O/c15-11-1-3-12(4-2-11)17-14(20)18-13-5-8-19(9-6-13)10-7-16/h1-4,13H,5-6,8-10H2,(H2,17,18,20). The molecule has 2 rings (SSSR count). The number of anilines is 1. The third-order valence-corrected chi connectivity index (χ3v) is 3.32. The van der Waals surface area contributed by atoms with Gasteiger partial charge in [0.05, 0.1) is 12.6 Å². The summed E-state index contributed by atoms with van der Waals surface area (Å²) in [4.78, 5) is 13.9. The van der Waals surface area contributed by atoms with Gasteiger partial charge in [0.1, 0.15) is 5.82 Å². The molecule has 0 unspecified atom stereocenters. The molecule has 0 atom stereocenters. The molecule has 0 aliphatic carbocycles. The van der Waals surface area contributed by atoms with Crippen LogP contribution in [0.1, 0.15) is 12.8 Å². The predicted octanol–water partition coefficient (Wildman–Crippen LogP) is 1.94. The lowest BCUT2D eigenvalue weighted by Gasteiger charge is -2.30. The average molecular weight is 276 g/mol. The van der Waals surface area contributed by atoms with Crippen LogP contribution in [0.25, 0.3) is 0 Å². The summed E-state index contributed by atoms with van der Waals surface area (Å²) in [5.74, 6) is -0.333. The second-order valence-corrected chi connectivity index (χ2v) is 4.81. The number of amides is 2. The van der Waals surface area contributed by atoms with Crippen LogP contribution in [-0.4, -0.2) is 36.6 Å². The molecular formula is C14H17FN4O. The van der Waals surface area contributed by atoms with E-state index in [0.29, 0.717) is 12.2 Å². The van der Waals surface area contributed by atoms with Gasteiger partial charge in [-0.25, -0.2) is 9.18 Å². The maximum atomic E-state index is 12.7. The number of halogens is 1. The first-order chi connectivity index (χ1) is 9.67. The lowest BCUT2D eigenvalue weighted by Crippen LogP contribution is -2.46. The first kappa shape index (κ1) is 14.3. The number of nitrogens with one attached hydrogen (secondary N) is 2. The van der Waals surface area contributed by atoms with Crippen LogP contribution < -0.4 is 10.6 Å². The minimum Gasteiger partial charge on any atom is -0.335 e. The van der Waals surface area contributed by atoms with E-state index >= 15 is 0 Å². The summed E-state index contributed by atoms with van der Waals surface area (Å²) in [5.41, 5.74) is 0.561. The van der Waals surface area contributed by atoms with Crippen LogP contribution in [0.5, 0.6) is 0 Å².